The summed E-state index contributed by atoms with van der Waals surface area (Å²) in [4.78, 5) is 15.5. The third kappa shape index (κ3) is 3.59. The van der Waals surface area contributed by atoms with Crippen LogP contribution in [0.2, 0.25) is 0 Å². The Labute approximate surface area is 191 Å². The first kappa shape index (κ1) is 20.1. The Morgan fingerprint density at radius 1 is 1.03 bits per heavy atom. The number of hydrogen-bond donors (Lipinski definition) is 1. The van der Waals surface area contributed by atoms with Crippen molar-refractivity contribution in [2.75, 3.05) is 16.8 Å². The third-order valence-electron chi connectivity index (χ3n) is 6.49. The zero-order valence-corrected chi connectivity index (χ0v) is 19.0. The average Bonchev–Trinajstić information content (AvgIpc) is 3.30. The highest BCUT2D eigenvalue weighted by Crippen LogP contribution is 2.50. The van der Waals surface area contributed by atoms with Gasteiger partial charge in [-0.25, -0.2) is 0 Å². The number of rotatable bonds is 4. The molecule has 3 atom stereocenters. The predicted molar refractivity (Wildman–Crippen MR) is 131 cm³/mol. The second-order valence-electron chi connectivity index (χ2n) is 8.18. The Hall–Kier alpha value is -2.85. The molecule has 3 nitrogen and oxygen atoms in total. The summed E-state index contributed by atoms with van der Waals surface area (Å²) in [6.07, 6.45) is 5.65. The summed E-state index contributed by atoms with van der Waals surface area (Å²) < 4.78 is 1.07. The lowest BCUT2D eigenvalue weighted by molar-refractivity contribution is 0.0988. The predicted octanol–water partition coefficient (Wildman–Crippen LogP) is 6.94. The first-order chi connectivity index (χ1) is 15.2. The molecule has 0 spiro atoms. The van der Waals surface area contributed by atoms with Gasteiger partial charge in [0, 0.05) is 22.6 Å². The molecular weight excluding hydrogens is 448 g/mol. The third-order valence-corrected chi connectivity index (χ3v) is 7.01. The zero-order valence-electron chi connectivity index (χ0n) is 17.5. The fraction of sp³-hybridized carbons (Fsp3) is 0.222. The minimum atomic E-state index is 0.0352. The quantitative estimate of drug-likeness (QED) is 0.416. The minimum absolute atomic E-state index is 0.0352. The molecule has 31 heavy (non-hydrogen) atoms. The number of carbonyl (C=O) groups is 1. The van der Waals surface area contributed by atoms with Crippen LogP contribution in [-0.2, 0) is 0 Å². The number of halogens is 1. The summed E-state index contributed by atoms with van der Waals surface area (Å²) in [6.45, 7) is 2.64. The standard InChI is InChI=1S/C27H25BrN2O/c1-2-30(20-8-4-3-5-9-20)27(31)24-13-7-12-23-21-10-6-11-22(21)25(29-26(23)24)18-14-16-19(28)17-15-18/h3-10,12-17,21-22,25,29H,2,11H2,1H3. The fourth-order valence-electron chi connectivity index (χ4n) is 5.00. The molecule has 2 aliphatic rings. The van der Waals surface area contributed by atoms with Crippen LogP contribution < -0.4 is 10.2 Å². The maximum Gasteiger partial charge on any atom is 0.260 e. The highest BCUT2D eigenvalue weighted by Gasteiger charge is 2.39. The molecule has 0 aromatic heterocycles. The first-order valence-corrected chi connectivity index (χ1v) is 11.6. The molecule has 3 aromatic carbocycles. The van der Waals surface area contributed by atoms with Gasteiger partial charge < -0.3 is 10.2 Å². The molecule has 5 rings (SSSR count). The van der Waals surface area contributed by atoms with Gasteiger partial charge >= 0.3 is 0 Å². The van der Waals surface area contributed by atoms with Crippen molar-refractivity contribution in [2.45, 2.75) is 25.3 Å². The number of nitrogens with one attached hydrogen (secondary N) is 1. The van der Waals surface area contributed by atoms with Crippen molar-refractivity contribution in [2.24, 2.45) is 5.92 Å². The van der Waals surface area contributed by atoms with Crippen LogP contribution in [0.15, 0.2) is 89.4 Å². The topological polar surface area (TPSA) is 32.3 Å². The number of anilines is 2. The van der Waals surface area contributed by atoms with Gasteiger partial charge in [-0.2, -0.15) is 0 Å². The van der Waals surface area contributed by atoms with Crippen LogP contribution >= 0.6 is 15.9 Å². The summed E-state index contributed by atoms with van der Waals surface area (Å²) in [6, 6.07) is 24.8. The number of carbonyl (C=O) groups excluding carboxylic acids is 1. The lowest BCUT2D eigenvalue weighted by atomic mass is 9.76. The molecular formula is C27H25BrN2O. The molecule has 3 unspecified atom stereocenters. The van der Waals surface area contributed by atoms with E-state index in [9.17, 15) is 4.79 Å². The van der Waals surface area contributed by atoms with Crippen molar-refractivity contribution < 1.29 is 4.79 Å². The van der Waals surface area contributed by atoms with Crippen LogP contribution in [0.25, 0.3) is 0 Å². The lowest BCUT2D eigenvalue weighted by Crippen LogP contribution is -2.34. The molecule has 0 radical (unpaired) electrons. The summed E-state index contributed by atoms with van der Waals surface area (Å²) in [5.74, 6) is 0.813. The number of amides is 1. The molecule has 4 heteroatoms. The van der Waals surface area contributed by atoms with E-state index in [-0.39, 0.29) is 11.9 Å². The molecule has 3 aromatic rings. The Morgan fingerprint density at radius 2 is 1.81 bits per heavy atom. The van der Waals surface area contributed by atoms with Crippen molar-refractivity contribution in [3.63, 3.8) is 0 Å². The monoisotopic (exact) mass is 472 g/mol. The van der Waals surface area contributed by atoms with Crippen molar-refractivity contribution in [3.05, 3.63) is 106 Å². The Morgan fingerprint density at radius 3 is 2.55 bits per heavy atom. The van der Waals surface area contributed by atoms with Gasteiger partial charge in [-0.15, -0.1) is 0 Å². The van der Waals surface area contributed by atoms with E-state index < -0.39 is 0 Å². The average molecular weight is 473 g/mol. The number of nitrogens with zero attached hydrogens (tertiary/aromatic N) is 1. The maximum absolute atomic E-state index is 13.7. The Kier molecular flexibility index (Phi) is 5.41. The van der Waals surface area contributed by atoms with Gasteiger partial charge in [-0.1, -0.05) is 70.5 Å². The van der Waals surface area contributed by atoms with Crippen LogP contribution in [0, 0.1) is 5.92 Å². The number of allylic oxidation sites excluding steroid dienone is 2. The smallest absolute Gasteiger partial charge is 0.260 e. The van der Waals surface area contributed by atoms with Gasteiger partial charge in [0.05, 0.1) is 17.3 Å². The van der Waals surface area contributed by atoms with Crippen LogP contribution in [-0.4, -0.2) is 12.5 Å². The van der Waals surface area contributed by atoms with Gasteiger partial charge in [0.2, 0.25) is 0 Å². The summed E-state index contributed by atoms with van der Waals surface area (Å²) in [5, 5.41) is 3.78. The van der Waals surface area contributed by atoms with Gasteiger partial charge in [0.15, 0.2) is 0 Å². The number of para-hydroxylation sites is 2. The second-order valence-corrected chi connectivity index (χ2v) is 9.10. The first-order valence-electron chi connectivity index (χ1n) is 10.9. The van der Waals surface area contributed by atoms with E-state index in [1.165, 1.54) is 11.1 Å². The van der Waals surface area contributed by atoms with Crippen molar-refractivity contribution in [1.29, 1.82) is 0 Å². The van der Waals surface area contributed by atoms with E-state index in [1.54, 1.807) is 0 Å². The largest absolute Gasteiger partial charge is 0.377 e. The van der Waals surface area contributed by atoms with E-state index in [2.05, 4.69) is 63.7 Å². The minimum Gasteiger partial charge on any atom is -0.377 e. The van der Waals surface area contributed by atoms with Crippen molar-refractivity contribution in [1.82, 2.24) is 0 Å². The maximum atomic E-state index is 13.7. The zero-order chi connectivity index (χ0) is 21.4. The molecule has 0 fully saturated rings. The summed E-state index contributed by atoms with van der Waals surface area (Å²) in [7, 11) is 0. The second kappa shape index (κ2) is 8.35. The highest BCUT2D eigenvalue weighted by molar-refractivity contribution is 9.10. The van der Waals surface area contributed by atoms with Gasteiger partial charge in [-0.05, 0) is 60.7 Å². The van der Waals surface area contributed by atoms with E-state index in [0.29, 0.717) is 18.4 Å². The van der Waals surface area contributed by atoms with E-state index in [1.807, 2.05) is 54.3 Å². The van der Waals surface area contributed by atoms with Crippen LogP contribution in [0.5, 0.6) is 0 Å². The van der Waals surface area contributed by atoms with E-state index in [0.717, 1.165) is 27.8 Å². The molecule has 1 amide bonds. The van der Waals surface area contributed by atoms with Gasteiger partial charge in [-0.3, -0.25) is 4.79 Å². The number of fused-ring (bicyclic) bond motifs is 3. The molecule has 1 aliphatic heterocycles. The summed E-state index contributed by atoms with van der Waals surface area (Å²) in [5.41, 5.74) is 5.12. The Bertz CT molecular complexity index is 1120. The number of benzene rings is 3. The molecule has 1 aliphatic carbocycles. The van der Waals surface area contributed by atoms with Crippen LogP contribution in [0.4, 0.5) is 11.4 Å². The Balaban J connectivity index is 1.57. The van der Waals surface area contributed by atoms with Crippen LogP contribution in [0.3, 0.4) is 0 Å². The van der Waals surface area contributed by atoms with Gasteiger partial charge in [0.1, 0.15) is 0 Å². The molecule has 1 heterocycles. The highest BCUT2D eigenvalue weighted by atomic mass is 79.9. The van der Waals surface area contributed by atoms with E-state index in [4.69, 9.17) is 0 Å². The lowest BCUT2D eigenvalue weighted by Gasteiger charge is -2.38. The van der Waals surface area contributed by atoms with Gasteiger partial charge in [0.25, 0.3) is 5.91 Å². The van der Waals surface area contributed by atoms with Crippen molar-refractivity contribution in [3.8, 4) is 0 Å². The fourth-order valence-corrected chi connectivity index (χ4v) is 5.26. The SMILES string of the molecule is CCN(C(=O)c1cccc2c1NC(c1ccc(Br)cc1)C1CC=CC21)c1ccccc1. The van der Waals surface area contributed by atoms with Crippen molar-refractivity contribution >= 4 is 33.2 Å². The molecule has 0 saturated carbocycles. The van der Waals surface area contributed by atoms with E-state index >= 15 is 0 Å². The molecule has 0 bridgehead atoms. The number of hydrogen-bond acceptors (Lipinski definition) is 2. The molecule has 0 saturated heterocycles. The van der Waals surface area contributed by atoms with Crippen LogP contribution in [0.1, 0.15) is 46.8 Å². The normalized spacial score (nSPS) is 21.2. The molecule has 1 N–H and O–H groups in total. The molecule has 156 valence electrons. The summed E-state index contributed by atoms with van der Waals surface area (Å²) >= 11 is 3.55.